The lowest BCUT2D eigenvalue weighted by Crippen LogP contribution is -2.40. The van der Waals surface area contributed by atoms with Crippen LogP contribution >= 0.6 is 0 Å². The minimum absolute atomic E-state index is 0.332. The molecule has 1 saturated heterocycles. The van der Waals surface area contributed by atoms with E-state index < -0.39 is 11.7 Å². The lowest BCUT2D eigenvalue weighted by molar-refractivity contribution is 0.0241. The fraction of sp³-hybridized carbons (Fsp3) is 0.900. The Balaban J connectivity index is 2.62. The van der Waals surface area contributed by atoms with Crippen LogP contribution in [0.25, 0.3) is 10.4 Å². The minimum atomic E-state index is -0.530. The Labute approximate surface area is 100 Å². The molecule has 0 aliphatic carbocycles. The quantitative estimate of drug-likeness (QED) is 0.400. The molecular formula is C10H18N4O3. The largest absolute Gasteiger partial charge is 0.444 e. The predicted octanol–water partition coefficient (Wildman–Crippen LogP) is 1.93. The molecule has 1 rings (SSSR count). The maximum atomic E-state index is 11.8. The number of nitrogens with zero attached hydrogens (tertiary/aromatic N) is 4. The van der Waals surface area contributed by atoms with Gasteiger partial charge < -0.3 is 14.4 Å². The van der Waals surface area contributed by atoms with Crippen LogP contribution < -0.4 is 0 Å². The number of carbonyl (C=O) groups excluding carboxylic acids is 1. The average Bonchev–Trinajstić information content (AvgIpc) is 2.41. The molecule has 0 saturated carbocycles. The third kappa shape index (κ3) is 4.93. The molecule has 1 aliphatic rings. The monoisotopic (exact) mass is 242 g/mol. The Morgan fingerprint density at radius 1 is 1.59 bits per heavy atom. The van der Waals surface area contributed by atoms with Gasteiger partial charge in [0.2, 0.25) is 0 Å². The SMILES string of the molecule is CC(C)(C)OC(=O)N1CCOCC(N=[N+]=[N-])C1. The van der Waals surface area contributed by atoms with Gasteiger partial charge in [0.05, 0.1) is 19.3 Å². The first-order valence-electron chi connectivity index (χ1n) is 5.52. The molecule has 0 aromatic carbocycles. The van der Waals surface area contributed by atoms with Crippen molar-refractivity contribution in [2.45, 2.75) is 32.4 Å². The van der Waals surface area contributed by atoms with Gasteiger partial charge in [-0.15, -0.1) is 0 Å². The number of amides is 1. The van der Waals surface area contributed by atoms with Gasteiger partial charge in [-0.2, -0.15) is 0 Å². The molecule has 0 aromatic rings. The smallest absolute Gasteiger partial charge is 0.410 e. The van der Waals surface area contributed by atoms with E-state index in [-0.39, 0.29) is 6.04 Å². The normalized spacial score (nSPS) is 21.4. The fourth-order valence-corrected chi connectivity index (χ4v) is 1.43. The van der Waals surface area contributed by atoms with Crippen LogP contribution in [0.5, 0.6) is 0 Å². The van der Waals surface area contributed by atoms with Gasteiger partial charge in [0.25, 0.3) is 0 Å². The Morgan fingerprint density at radius 3 is 2.88 bits per heavy atom. The van der Waals surface area contributed by atoms with Crippen LogP contribution in [0.15, 0.2) is 5.11 Å². The van der Waals surface area contributed by atoms with Crippen molar-refractivity contribution in [2.75, 3.05) is 26.3 Å². The van der Waals surface area contributed by atoms with Crippen molar-refractivity contribution < 1.29 is 14.3 Å². The van der Waals surface area contributed by atoms with Crippen molar-refractivity contribution in [1.82, 2.24) is 4.90 Å². The Bertz CT molecular complexity index is 320. The van der Waals surface area contributed by atoms with Gasteiger partial charge in [-0.1, -0.05) is 5.11 Å². The molecule has 1 amide bonds. The van der Waals surface area contributed by atoms with Crippen LogP contribution in [-0.4, -0.2) is 48.9 Å². The zero-order valence-electron chi connectivity index (χ0n) is 10.4. The fourth-order valence-electron chi connectivity index (χ4n) is 1.43. The highest BCUT2D eigenvalue weighted by atomic mass is 16.6. The molecule has 1 aliphatic heterocycles. The number of hydrogen-bond donors (Lipinski definition) is 0. The highest BCUT2D eigenvalue weighted by molar-refractivity contribution is 5.68. The molecule has 0 radical (unpaired) electrons. The maximum Gasteiger partial charge on any atom is 0.410 e. The molecule has 1 fully saturated rings. The first kappa shape index (κ1) is 13.6. The Morgan fingerprint density at radius 2 is 2.29 bits per heavy atom. The van der Waals surface area contributed by atoms with Crippen molar-refractivity contribution >= 4 is 6.09 Å². The predicted molar refractivity (Wildman–Crippen MR) is 61.6 cm³/mol. The summed E-state index contributed by atoms with van der Waals surface area (Å²) in [6, 6.07) is -0.352. The molecule has 0 N–H and O–H groups in total. The topological polar surface area (TPSA) is 87.5 Å². The maximum absolute atomic E-state index is 11.8. The zero-order valence-corrected chi connectivity index (χ0v) is 10.4. The molecule has 7 nitrogen and oxygen atoms in total. The number of rotatable bonds is 1. The summed E-state index contributed by atoms with van der Waals surface area (Å²) >= 11 is 0. The van der Waals surface area contributed by atoms with E-state index >= 15 is 0 Å². The van der Waals surface area contributed by atoms with Crippen LogP contribution in [0.1, 0.15) is 20.8 Å². The van der Waals surface area contributed by atoms with Crippen molar-refractivity contribution in [3.63, 3.8) is 0 Å². The van der Waals surface area contributed by atoms with E-state index in [1.54, 1.807) is 0 Å². The van der Waals surface area contributed by atoms with E-state index in [1.807, 2.05) is 20.8 Å². The van der Waals surface area contributed by atoms with Crippen LogP contribution in [0.3, 0.4) is 0 Å². The molecule has 17 heavy (non-hydrogen) atoms. The third-order valence-electron chi connectivity index (χ3n) is 2.11. The van der Waals surface area contributed by atoms with Gasteiger partial charge in [-0.25, -0.2) is 4.79 Å². The summed E-state index contributed by atoms with van der Waals surface area (Å²) in [5.41, 5.74) is 7.86. The molecule has 1 unspecified atom stereocenters. The summed E-state index contributed by atoms with van der Waals surface area (Å²) in [5.74, 6) is 0. The van der Waals surface area contributed by atoms with Crippen molar-refractivity contribution in [2.24, 2.45) is 5.11 Å². The summed E-state index contributed by atoms with van der Waals surface area (Å²) in [6.45, 7) is 6.98. The van der Waals surface area contributed by atoms with Crippen LogP contribution in [0.2, 0.25) is 0 Å². The van der Waals surface area contributed by atoms with E-state index in [2.05, 4.69) is 10.0 Å². The Hall–Kier alpha value is -1.46. The summed E-state index contributed by atoms with van der Waals surface area (Å²) in [7, 11) is 0. The minimum Gasteiger partial charge on any atom is -0.444 e. The van der Waals surface area contributed by atoms with Gasteiger partial charge in [-0.3, -0.25) is 0 Å². The molecular weight excluding hydrogens is 224 g/mol. The van der Waals surface area contributed by atoms with Crippen LogP contribution in [0, 0.1) is 0 Å². The number of carbonyl (C=O) groups is 1. The molecule has 0 spiro atoms. The third-order valence-corrected chi connectivity index (χ3v) is 2.11. The van der Waals surface area contributed by atoms with Gasteiger partial charge in [0.1, 0.15) is 5.60 Å². The van der Waals surface area contributed by atoms with Crippen molar-refractivity contribution in [1.29, 1.82) is 0 Å². The number of ether oxygens (including phenoxy) is 2. The molecule has 96 valence electrons. The highest BCUT2D eigenvalue weighted by Gasteiger charge is 2.26. The van der Waals surface area contributed by atoms with Crippen LogP contribution in [-0.2, 0) is 9.47 Å². The van der Waals surface area contributed by atoms with Gasteiger partial charge in [0, 0.05) is 18.0 Å². The Kier molecular flexibility index (Phi) is 4.60. The van der Waals surface area contributed by atoms with E-state index in [1.165, 1.54) is 4.90 Å². The summed E-state index contributed by atoms with van der Waals surface area (Å²) in [5, 5.41) is 3.58. The highest BCUT2D eigenvalue weighted by Crippen LogP contribution is 2.12. The van der Waals surface area contributed by atoms with Gasteiger partial charge in [-0.05, 0) is 26.3 Å². The standard InChI is InChI=1S/C10H18N4O3/c1-10(2,3)17-9(15)14-4-5-16-7-8(6-14)12-13-11/h8H,4-7H2,1-3H3. The van der Waals surface area contributed by atoms with Gasteiger partial charge >= 0.3 is 6.09 Å². The molecule has 1 atom stereocenters. The lowest BCUT2D eigenvalue weighted by atomic mass is 10.2. The van der Waals surface area contributed by atoms with Gasteiger partial charge in [0.15, 0.2) is 0 Å². The average molecular weight is 242 g/mol. The number of hydrogen-bond acceptors (Lipinski definition) is 4. The van der Waals surface area contributed by atoms with E-state index in [0.717, 1.165) is 0 Å². The zero-order chi connectivity index (χ0) is 12.9. The molecule has 0 aromatic heterocycles. The molecule has 1 heterocycles. The second kappa shape index (κ2) is 5.75. The first-order chi connectivity index (χ1) is 7.92. The second-order valence-corrected chi connectivity index (χ2v) is 4.86. The summed E-state index contributed by atoms with van der Waals surface area (Å²) in [6.07, 6.45) is -0.402. The molecule has 0 bridgehead atoms. The number of azide groups is 1. The lowest BCUT2D eigenvalue weighted by Gasteiger charge is -2.26. The van der Waals surface area contributed by atoms with Crippen LogP contribution in [0.4, 0.5) is 4.79 Å². The summed E-state index contributed by atoms with van der Waals surface area (Å²) in [4.78, 5) is 16.1. The van der Waals surface area contributed by atoms with E-state index in [4.69, 9.17) is 15.0 Å². The van der Waals surface area contributed by atoms with E-state index in [0.29, 0.717) is 26.3 Å². The summed E-state index contributed by atoms with van der Waals surface area (Å²) < 4.78 is 10.5. The van der Waals surface area contributed by atoms with Crippen molar-refractivity contribution in [3.05, 3.63) is 10.4 Å². The van der Waals surface area contributed by atoms with Crippen molar-refractivity contribution in [3.8, 4) is 0 Å². The second-order valence-electron chi connectivity index (χ2n) is 4.86. The molecule has 7 heteroatoms. The first-order valence-corrected chi connectivity index (χ1v) is 5.52. The van der Waals surface area contributed by atoms with E-state index in [9.17, 15) is 4.79 Å².